The highest BCUT2D eigenvalue weighted by atomic mass is 16.5. The SMILES string of the molecule is NC(=O)CC(=O)O.NCCC(N)C(=O)O.NCCCN.O=C(O)CC(=O)O.O=C(O)CCCC(=O)O.O=C(O)COCC(=O)O. The van der Waals surface area contributed by atoms with Gasteiger partial charge in [0, 0.05) is 12.8 Å². The minimum Gasteiger partial charge on any atom is -0.481 e. The standard InChI is InChI=1S/C5H8O4.C4H10N2O2.C4H6O5.C3H10N2.C3H5NO3.C3H4O4/c6-4(7)2-1-3-5(8)9;5-2-1-3(6)4(7)8;5-3(6)1-9-2-4(7)8;4-2-1-3-5;2*4-2(5)1-3(6)7/h1-3H2,(H,6,7)(H,8,9);3H,1-2,5-6H2,(H,7,8);1-2H2,(H,5,6)(H,7,8);1-5H2;1H2,(H2,4,5)(H,6,7);1H2,(H,4,5)(H,6,7). The van der Waals surface area contributed by atoms with E-state index >= 15 is 0 Å². The van der Waals surface area contributed by atoms with Crippen LogP contribution in [0.3, 0.4) is 0 Å². The van der Waals surface area contributed by atoms with Crippen molar-refractivity contribution in [1.82, 2.24) is 0 Å². The zero-order valence-electron chi connectivity index (χ0n) is 24.1. The van der Waals surface area contributed by atoms with E-state index < -0.39 is 85.8 Å². The van der Waals surface area contributed by atoms with Gasteiger partial charge in [0.2, 0.25) is 5.91 Å². The maximum Gasteiger partial charge on any atom is 0.329 e. The van der Waals surface area contributed by atoms with Gasteiger partial charge in [-0.3, -0.25) is 33.6 Å². The van der Waals surface area contributed by atoms with Gasteiger partial charge >= 0.3 is 47.8 Å². The highest BCUT2D eigenvalue weighted by Crippen LogP contribution is 1.93. The Kier molecular flexibility index (Phi) is 45.7. The fraction of sp³-hybridized carbons (Fsp3) is 0.591. The normalized spacial score (nSPS) is 9.33. The van der Waals surface area contributed by atoms with Gasteiger partial charge in [0.15, 0.2) is 0 Å². The number of nitrogens with two attached hydrogens (primary N) is 5. The average molecular weight is 666 g/mol. The molecule has 18 N–H and O–H groups in total. The van der Waals surface area contributed by atoms with Crippen LogP contribution in [0.25, 0.3) is 0 Å². The topological polar surface area (TPSA) is 455 Å². The van der Waals surface area contributed by atoms with Gasteiger partial charge in [0.1, 0.15) is 32.1 Å². The molecule has 0 aliphatic rings. The maximum absolute atomic E-state index is 9.91. The van der Waals surface area contributed by atoms with Gasteiger partial charge in [0.25, 0.3) is 0 Å². The fourth-order valence-electron chi connectivity index (χ4n) is 1.32. The minimum atomic E-state index is -1.31. The lowest BCUT2D eigenvalue weighted by atomic mass is 10.2. The number of carbonyl (C=O) groups is 9. The minimum absolute atomic E-state index is 0.0632. The molecule has 23 heteroatoms. The van der Waals surface area contributed by atoms with Crippen LogP contribution in [0.2, 0.25) is 0 Å². The molecule has 0 aromatic carbocycles. The molecule has 0 radical (unpaired) electrons. The molecule has 23 nitrogen and oxygen atoms in total. The van der Waals surface area contributed by atoms with Crippen LogP contribution in [0.4, 0.5) is 0 Å². The number of carbonyl (C=O) groups excluding carboxylic acids is 1. The van der Waals surface area contributed by atoms with Crippen molar-refractivity contribution in [2.45, 2.75) is 51.0 Å². The Labute approximate surface area is 255 Å². The van der Waals surface area contributed by atoms with Gasteiger partial charge in [-0.05, 0) is 38.9 Å². The van der Waals surface area contributed by atoms with Crippen LogP contribution in [0.15, 0.2) is 0 Å². The van der Waals surface area contributed by atoms with Crippen LogP contribution in [-0.4, -0.2) is 133 Å². The summed E-state index contributed by atoms with van der Waals surface area (Å²) in [6, 6.07) is -0.792. The molecule has 0 saturated carbocycles. The molecule has 1 unspecified atom stereocenters. The van der Waals surface area contributed by atoms with Crippen LogP contribution in [0.5, 0.6) is 0 Å². The number of amides is 1. The van der Waals surface area contributed by atoms with Crippen molar-refractivity contribution in [2.24, 2.45) is 28.7 Å². The molecule has 0 aliphatic carbocycles. The van der Waals surface area contributed by atoms with Gasteiger partial charge in [-0.2, -0.15) is 0 Å². The second-order valence-corrected chi connectivity index (χ2v) is 7.38. The third kappa shape index (κ3) is 92.7. The number of rotatable bonds is 17. The van der Waals surface area contributed by atoms with E-state index in [0.717, 1.165) is 19.5 Å². The Morgan fingerprint density at radius 3 is 0.978 bits per heavy atom. The number of aliphatic carboxylic acids is 8. The van der Waals surface area contributed by atoms with Crippen molar-refractivity contribution >= 4 is 53.7 Å². The Morgan fingerprint density at radius 1 is 0.511 bits per heavy atom. The molecule has 0 spiro atoms. The summed E-state index contributed by atoms with van der Waals surface area (Å²) < 4.78 is 4.16. The van der Waals surface area contributed by atoms with Gasteiger partial charge in [-0.15, -0.1) is 0 Å². The lowest BCUT2D eigenvalue weighted by Crippen LogP contribution is -2.32. The summed E-state index contributed by atoms with van der Waals surface area (Å²) in [7, 11) is 0. The van der Waals surface area contributed by atoms with E-state index in [1.165, 1.54) is 0 Å². The van der Waals surface area contributed by atoms with Crippen LogP contribution in [0, 0.1) is 0 Å². The predicted molar refractivity (Wildman–Crippen MR) is 149 cm³/mol. The zero-order chi connectivity index (χ0) is 37.0. The maximum atomic E-state index is 9.91. The Balaban J connectivity index is -0.000000102. The number of carboxylic acid groups (broad SMARTS) is 8. The highest BCUT2D eigenvalue weighted by Gasteiger charge is 2.08. The van der Waals surface area contributed by atoms with Crippen LogP contribution < -0.4 is 28.7 Å². The molecule has 264 valence electrons. The first-order chi connectivity index (χ1) is 20.6. The molecule has 0 aromatic rings. The number of hydrogen-bond acceptors (Lipinski definition) is 14. The molecule has 0 bridgehead atoms. The third-order valence-corrected chi connectivity index (χ3v) is 3.06. The van der Waals surface area contributed by atoms with Crippen molar-refractivity contribution in [3.8, 4) is 0 Å². The molecule has 1 amide bonds. The summed E-state index contributed by atoms with van der Waals surface area (Å²) in [6.07, 6.45) is -0.0153. The number of hydrogen-bond donors (Lipinski definition) is 13. The third-order valence-electron chi connectivity index (χ3n) is 3.06. The predicted octanol–water partition coefficient (Wildman–Crippen LogP) is -3.97. The first-order valence-electron chi connectivity index (χ1n) is 12.1. The van der Waals surface area contributed by atoms with Crippen molar-refractivity contribution in [3.63, 3.8) is 0 Å². The zero-order valence-corrected chi connectivity index (χ0v) is 24.1. The number of carboxylic acids is 8. The summed E-state index contributed by atoms with van der Waals surface area (Å²) in [5.74, 6) is -9.85. The van der Waals surface area contributed by atoms with E-state index in [1.54, 1.807) is 0 Å². The van der Waals surface area contributed by atoms with E-state index in [9.17, 15) is 43.2 Å². The molecule has 1 atom stereocenters. The summed E-state index contributed by atoms with van der Waals surface area (Å²) in [5, 5.41) is 63.2. The van der Waals surface area contributed by atoms with Gasteiger partial charge in [0.05, 0.1) is 0 Å². The van der Waals surface area contributed by atoms with E-state index in [-0.39, 0.29) is 19.3 Å². The van der Waals surface area contributed by atoms with Gasteiger partial charge in [-0.1, -0.05) is 0 Å². The van der Waals surface area contributed by atoms with Gasteiger partial charge < -0.3 is 74.3 Å². The van der Waals surface area contributed by atoms with Crippen molar-refractivity contribution in [3.05, 3.63) is 0 Å². The number of ether oxygens (including phenoxy) is 1. The summed E-state index contributed by atoms with van der Waals surface area (Å²) in [6.45, 7) is 0.638. The van der Waals surface area contributed by atoms with Crippen LogP contribution in [0.1, 0.15) is 44.9 Å². The Hall–Kier alpha value is -4.97. The van der Waals surface area contributed by atoms with Crippen molar-refractivity contribution in [2.75, 3.05) is 32.8 Å². The molecule has 0 aromatic heterocycles. The molecular formula is C22H43N5O18. The summed E-state index contributed by atoms with van der Waals surface area (Å²) in [5.41, 5.74) is 24.7. The summed E-state index contributed by atoms with van der Waals surface area (Å²) in [4.78, 5) is 86.8. The summed E-state index contributed by atoms with van der Waals surface area (Å²) >= 11 is 0. The smallest absolute Gasteiger partial charge is 0.329 e. The van der Waals surface area contributed by atoms with E-state index in [1.807, 2.05) is 0 Å². The van der Waals surface area contributed by atoms with E-state index in [2.05, 4.69) is 10.5 Å². The molecule has 0 fully saturated rings. The first-order valence-corrected chi connectivity index (χ1v) is 12.1. The number of primary amides is 1. The highest BCUT2D eigenvalue weighted by molar-refractivity contribution is 5.92. The van der Waals surface area contributed by atoms with Crippen LogP contribution in [-0.2, 0) is 47.9 Å². The second kappa shape index (κ2) is 39.0. The molecule has 0 heterocycles. The molecule has 0 rings (SSSR count). The fourth-order valence-corrected chi connectivity index (χ4v) is 1.32. The van der Waals surface area contributed by atoms with Crippen molar-refractivity contribution < 1.29 is 88.7 Å². The van der Waals surface area contributed by atoms with E-state index in [0.29, 0.717) is 13.0 Å². The molecule has 45 heavy (non-hydrogen) atoms. The first kappa shape index (κ1) is 52.7. The second-order valence-electron chi connectivity index (χ2n) is 7.38. The monoisotopic (exact) mass is 665 g/mol. The Morgan fingerprint density at radius 2 is 0.867 bits per heavy atom. The lowest BCUT2D eigenvalue weighted by molar-refractivity contribution is -0.149. The van der Waals surface area contributed by atoms with Crippen molar-refractivity contribution in [1.29, 1.82) is 0 Å². The molecule has 0 saturated heterocycles. The quantitative estimate of drug-likeness (QED) is 0.0658. The Bertz CT molecular complexity index is 774. The largest absolute Gasteiger partial charge is 0.481 e. The van der Waals surface area contributed by atoms with Gasteiger partial charge in [-0.25, -0.2) is 9.59 Å². The average Bonchev–Trinajstić information content (AvgIpc) is 2.84. The van der Waals surface area contributed by atoms with Crippen LogP contribution >= 0.6 is 0 Å². The molecular weight excluding hydrogens is 622 g/mol. The lowest BCUT2D eigenvalue weighted by Gasteiger charge is -2.00. The molecule has 0 aliphatic heterocycles. The van der Waals surface area contributed by atoms with E-state index in [4.69, 9.17) is 63.8 Å².